The lowest BCUT2D eigenvalue weighted by Gasteiger charge is -2.22. The third-order valence-electron chi connectivity index (χ3n) is 3.62. The molecule has 0 aliphatic carbocycles. The first-order valence-electron chi connectivity index (χ1n) is 7.45. The van der Waals surface area contributed by atoms with Gasteiger partial charge in [-0.15, -0.1) is 0 Å². The molecule has 1 N–H and O–H groups in total. The van der Waals surface area contributed by atoms with Crippen LogP contribution in [-0.4, -0.2) is 24.0 Å². The number of imidazole rings is 1. The lowest BCUT2D eigenvalue weighted by atomic mass is 9.98. The van der Waals surface area contributed by atoms with Gasteiger partial charge in [0.1, 0.15) is 5.82 Å². The third-order valence-corrected chi connectivity index (χ3v) is 5.24. The Labute approximate surface area is 121 Å². The molecule has 0 spiro atoms. The average Bonchev–Trinajstić information content (AvgIpc) is 2.67. The van der Waals surface area contributed by atoms with Crippen LogP contribution in [0.2, 0.25) is 0 Å². The van der Waals surface area contributed by atoms with Crippen molar-refractivity contribution >= 4 is 10.0 Å². The van der Waals surface area contributed by atoms with Gasteiger partial charge in [-0.2, -0.15) is 0 Å². The predicted octanol–water partition coefficient (Wildman–Crippen LogP) is 2.10. The minimum atomic E-state index is -3.50. The molecule has 5 nitrogen and oxygen atoms in total. The number of fused-ring (bicyclic) bond motifs is 1. The summed E-state index contributed by atoms with van der Waals surface area (Å²) in [5.41, 5.74) is 0.889. The first kappa shape index (κ1) is 15.5. The van der Waals surface area contributed by atoms with Gasteiger partial charge in [-0.3, -0.25) is 0 Å². The van der Waals surface area contributed by atoms with Gasteiger partial charge in [0.25, 0.3) is 10.0 Å². The van der Waals surface area contributed by atoms with Crippen molar-refractivity contribution in [2.75, 3.05) is 0 Å². The number of hydrogen-bond donors (Lipinski definition) is 1. The summed E-state index contributed by atoms with van der Waals surface area (Å²) in [4.78, 5) is 4.45. The van der Waals surface area contributed by atoms with Crippen LogP contribution in [0.1, 0.15) is 52.1 Å². The van der Waals surface area contributed by atoms with Gasteiger partial charge in [-0.25, -0.2) is 18.1 Å². The molecule has 1 atom stereocenters. The molecule has 0 bridgehead atoms. The average molecular weight is 299 g/mol. The predicted molar refractivity (Wildman–Crippen MR) is 79.2 cm³/mol. The molecule has 0 aromatic carbocycles. The molecule has 1 aromatic rings. The first-order valence-corrected chi connectivity index (χ1v) is 8.94. The Kier molecular flexibility index (Phi) is 4.54. The Morgan fingerprint density at radius 3 is 2.75 bits per heavy atom. The minimum absolute atomic E-state index is 0.118. The molecule has 2 rings (SSSR count). The highest BCUT2D eigenvalue weighted by molar-refractivity contribution is 7.89. The van der Waals surface area contributed by atoms with Crippen LogP contribution in [0.25, 0.3) is 0 Å². The van der Waals surface area contributed by atoms with Crippen LogP contribution in [0.4, 0.5) is 0 Å². The number of aryl methyl sites for hydroxylation is 1. The van der Waals surface area contributed by atoms with E-state index in [1.807, 2.05) is 13.8 Å². The summed E-state index contributed by atoms with van der Waals surface area (Å²) in [5.74, 6) is 1.43. The first-order chi connectivity index (χ1) is 9.35. The zero-order chi connectivity index (χ0) is 14.9. The Morgan fingerprint density at radius 2 is 2.15 bits per heavy atom. The topological polar surface area (TPSA) is 64.0 Å². The van der Waals surface area contributed by atoms with E-state index in [2.05, 4.69) is 28.1 Å². The molecule has 2 heterocycles. The SMILES string of the molecule is CCCc1nc(S(=O)(=O)NC(C)C)c2n1CCC(C)C2. The second-order valence-corrected chi connectivity index (χ2v) is 7.68. The summed E-state index contributed by atoms with van der Waals surface area (Å²) >= 11 is 0. The van der Waals surface area contributed by atoms with Gasteiger partial charge in [-0.05, 0) is 39.0 Å². The molecule has 0 saturated heterocycles. The minimum Gasteiger partial charge on any atom is -0.331 e. The van der Waals surface area contributed by atoms with Crippen molar-refractivity contribution in [3.05, 3.63) is 11.5 Å². The fraction of sp³-hybridized carbons (Fsp3) is 0.786. The van der Waals surface area contributed by atoms with E-state index >= 15 is 0 Å². The van der Waals surface area contributed by atoms with Crippen molar-refractivity contribution in [2.24, 2.45) is 5.92 Å². The van der Waals surface area contributed by atoms with E-state index in [1.165, 1.54) is 0 Å². The molecule has 0 amide bonds. The largest absolute Gasteiger partial charge is 0.331 e. The summed E-state index contributed by atoms with van der Waals surface area (Å²) in [6.07, 6.45) is 3.70. The molecule has 0 radical (unpaired) electrons. The van der Waals surface area contributed by atoms with Crippen LogP contribution in [0.3, 0.4) is 0 Å². The Balaban J connectivity index is 2.48. The highest BCUT2D eigenvalue weighted by Gasteiger charge is 2.30. The van der Waals surface area contributed by atoms with Crippen molar-refractivity contribution in [3.8, 4) is 0 Å². The van der Waals surface area contributed by atoms with Crippen molar-refractivity contribution in [3.63, 3.8) is 0 Å². The molecule has 6 heteroatoms. The molecule has 0 saturated carbocycles. The van der Waals surface area contributed by atoms with Crippen molar-refractivity contribution in [2.45, 2.75) is 71.0 Å². The van der Waals surface area contributed by atoms with Gasteiger partial charge in [0.15, 0.2) is 5.03 Å². The van der Waals surface area contributed by atoms with Crippen LogP contribution in [0.5, 0.6) is 0 Å². The molecule has 20 heavy (non-hydrogen) atoms. The normalized spacial score (nSPS) is 19.4. The number of nitrogens with one attached hydrogen (secondary N) is 1. The molecule has 114 valence electrons. The van der Waals surface area contributed by atoms with Gasteiger partial charge in [0.2, 0.25) is 0 Å². The van der Waals surface area contributed by atoms with Crippen LogP contribution in [0, 0.1) is 5.92 Å². The van der Waals surface area contributed by atoms with Crippen LogP contribution >= 0.6 is 0 Å². The van der Waals surface area contributed by atoms with Crippen LogP contribution < -0.4 is 4.72 Å². The number of aromatic nitrogens is 2. The molecule has 1 unspecified atom stereocenters. The number of hydrogen-bond acceptors (Lipinski definition) is 3. The number of nitrogens with zero attached hydrogens (tertiary/aromatic N) is 2. The van der Waals surface area contributed by atoms with Crippen LogP contribution in [0.15, 0.2) is 5.03 Å². The van der Waals surface area contributed by atoms with Crippen molar-refractivity contribution in [1.82, 2.24) is 14.3 Å². The fourth-order valence-corrected chi connectivity index (χ4v) is 4.21. The second kappa shape index (κ2) is 5.85. The van der Waals surface area contributed by atoms with Crippen LogP contribution in [-0.2, 0) is 29.4 Å². The summed E-state index contributed by atoms with van der Waals surface area (Å²) in [7, 11) is -3.50. The van der Waals surface area contributed by atoms with Crippen molar-refractivity contribution in [1.29, 1.82) is 0 Å². The zero-order valence-electron chi connectivity index (χ0n) is 12.8. The van der Waals surface area contributed by atoms with E-state index in [-0.39, 0.29) is 11.1 Å². The smallest absolute Gasteiger partial charge is 0.260 e. The monoisotopic (exact) mass is 299 g/mol. The molecule has 1 aliphatic rings. The summed E-state index contributed by atoms with van der Waals surface area (Å²) in [6.45, 7) is 8.80. The third kappa shape index (κ3) is 3.06. The molecule has 1 aromatic heterocycles. The van der Waals surface area contributed by atoms with Gasteiger partial charge in [0, 0.05) is 19.0 Å². The maximum atomic E-state index is 12.5. The summed E-state index contributed by atoms with van der Waals surface area (Å²) in [6, 6.07) is -0.118. The fourth-order valence-electron chi connectivity index (χ4n) is 2.75. The summed E-state index contributed by atoms with van der Waals surface area (Å²) < 4.78 is 29.7. The zero-order valence-corrected chi connectivity index (χ0v) is 13.6. The standard InChI is InChI=1S/C14H25N3O2S/c1-5-6-13-15-14(20(18,19)16-10(2)3)12-9-11(4)7-8-17(12)13/h10-11,16H,5-9H2,1-4H3. The number of rotatable bonds is 5. The summed E-state index contributed by atoms with van der Waals surface area (Å²) in [5, 5.41) is 0.251. The van der Waals surface area contributed by atoms with Gasteiger partial charge in [-0.1, -0.05) is 13.8 Å². The maximum absolute atomic E-state index is 12.5. The Hall–Kier alpha value is -0.880. The molecule has 1 aliphatic heterocycles. The quantitative estimate of drug-likeness (QED) is 0.905. The molecular formula is C14H25N3O2S. The molecular weight excluding hydrogens is 274 g/mol. The van der Waals surface area contributed by atoms with E-state index in [9.17, 15) is 8.42 Å². The van der Waals surface area contributed by atoms with Gasteiger partial charge in [0.05, 0.1) is 5.69 Å². The van der Waals surface area contributed by atoms with E-state index in [1.54, 1.807) is 0 Å². The van der Waals surface area contributed by atoms with E-state index < -0.39 is 10.0 Å². The van der Waals surface area contributed by atoms with Gasteiger partial charge >= 0.3 is 0 Å². The number of sulfonamides is 1. The molecule has 0 fully saturated rings. The van der Waals surface area contributed by atoms with E-state index in [4.69, 9.17) is 0 Å². The second-order valence-electron chi connectivity index (χ2n) is 6.06. The Bertz CT molecular complexity index is 575. The van der Waals surface area contributed by atoms with Gasteiger partial charge < -0.3 is 4.57 Å². The highest BCUT2D eigenvalue weighted by atomic mass is 32.2. The van der Waals surface area contributed by atoms with E-state index in [0.29, 0.717) is 5.92 Å². The highest BCUT2D eigenvalue weighted by Crippen LogP contribution is 2.27. The lowest BCUT2D eigenvalue weighted by molar-refractivity contribution is 0.404. The lowest BCUT2D eigenvalue weighted by Crippen LogP contribution is -2.32. The maximum Gasteiger partial charge on any atom is 0.260 e. The Morgan fingerprint density at radius 1 is 1.45 bits per heavy atom. The van der Waals surface area contributed by atoms with Crippen molar-refractivity contribution < 1.29 is 8.42 Å². The van der Waals surface area contributed by atoms with E-state index in [0.717, 1.165) is 43.7 Å².